The molecule has 1 amide bonds. The molecule has 0 N–H and O–H groups in total. The molecule has 6 heteroatoms. The smallest absolute Gasteiger partial charge is 0.264 e. The minimum Gasteiger partial charge on any atom is -0.378 e. The highest BCUT2D eigenvalue weighted by atomic mass is 32.1. The summed E-state index contributed by atoms with van der Waals surface area (Å²) in [5.74, 6) is 0.0938. The number of pyridine rings is 1. The third-order valence-electron chi connectivity index (χ3n) is 4.21. The van der Waals surface area contributed by atoms with Crippen LogP contribution in [0.15, 0.2) is 23.6 Å². The summed E-state index contributed by atoms with van der Waals surface area (Å²) in [6, 6.07) is 6.08. The number of amides is 1. The van der Waals surface area contributed by atoms with Crippen LogP contribution < -0.4 is 4.90 Å². The molecule has 0 spiro atoms. The number of aromatic nitrogens is 1. The van der Waals surface area contributed by atoms with Crippen molar-refractivity contribution in [1.29, 1.82) is 0 Å². The number of carbonyl (C=O) groups is 1. The summed E-state index contributed by atoms with van der Waals surface area (Å²) in [5.41, 5.74) is 3.98. The standard InChI is InChI=1S/C18H23N3O2S/c1-12-5-8-24-17(12)18(22)21-6-7-23-16(11-21)15-10-14(20(3)4)9-13(2)19-15/h5,8-10,16H,6-7,11H2,1-4H3/t16-/m0/s1. The van der Waals surface area contributed by atoms with Crippen molar-refractivity contribution >= 4 is 22.9 Å². The molecule has 1 saturated heterocycles. The van der Waals surface area contributed by atoms with E-state index in [1.165, 1.54) is 11.3 Å². The zero-order valence-electron chi connectivity index (χ0n) is 14.6. The molecule has 0 radical (unpaired) electrons. The fourth-order valence-corrected chi connectivity index (χ4v) is 3.74. The largest absolute Gasteiger partial charge is 0.378 e. The number of anilines is 1. The van der Waals surface area contributed by atoms with Crippen LogP contribution in [0.4, 0.5) is 5.69 Å². The molecular formula is C18H23N3O2S. The zero-order valence-corrected chi connectivity index (χ0v) is 15.4. The van der Waals surface area contributed by atoms with Crippen molar-refractivity contribution < 1.29 is 9.53 Å². The number of ether oxygens (including phenoxy) is 1. The molecule has 1 aliphatic rings. The van der Waals surface area contributed by atoms with Gasteiger partial charge in [-0.1, -0.05) is 0 Å². The van der Waals surface area contributed by atoms with E-state index in [0.29, 0.717) is 19.7 Å². The third-order valence-corrected chi connectivity index (χ3v) is 5.22. The van der Waals surface area contributed by atoms with Gasteiger partial charge in [0.15, 0.2) is 0 Å². The molecule has 0 unspecified atom stereocenters. The van der Waals surface area contributed by atoms with E-state index in [0.717, 1.165) is 27.5 Å². The monoisotopic (exact) mass is 345 g/mol. The van der Waals surface area contributed by atoms with Gasteiger partial charge in [-0.3, -0.25) is 9.78 Å². The topological polar surface area (TPSA) is 45.7 Å². The molecule has 3 heterocycles. The Morgan fingerprint density at radius 3 is 2.83 bits per heavy atom. The van der Waals surface area contributed by atoms with Gasteiger partial charge in [0.2, 0.25) is 0 Å². The van der Waals surface area contributed by atoms with Gasteiger partial charge in [0, 0.05) is 32.0 Å². The van der Waals surface area contributed by atoms with Crippen LogP contribution in [-0.4, -0.2) is 49.6 Å². The van der Waals surface area contributed by atoms with Gasteiger partial charge < -0.3 is 14.5 Å². The van der Waals surface area contributed by atoms with Gasteiger partial charge in [-0.15, -0.1) is 11.3 Å². The van der Waals surface area contributed by atoms with Gasteiger partial charge in [-0.05, 0) is 43.0 Å². The maximum atomic E-state index is 12.8. The normalized spacial score (nSPS) is 17.8. The molecule has 1 aliphatic heterocycles. The molecule has 128 valence electrons. The fourth-order valence-electron chi connectivity index (χ4n) is 2.85. The van der Waals surface area contributed by atoms with Crippen LogP contribution in [0.3, 0.4) is 0 Å². The first-order valence-electron chi connectivity index (χ1n) is 8.06. The Morgan fingerprint density at radius 2 is 2.17 bits per heavy atom. The Morgan fingerprint density at radius 1 is 1.38 bits per heavy atom. The number of aryl methyl sites for hydroxylation is 2. The van der Waals surface area contributed by atoms with Gasteiger partial charge in [0.25, 0.3) is 5.91 Å². The number of rotatable bonds is 3. The Hall–Kier alpha value is -1.92. The molecule has 3 rings (SSSR count). The molecule has 0 bridgehead atoms. The van der Waals surface area contributed by atoms with Crippen LogP contribution >= 0.6 is 11.3 Å². The first-order chi connectivity index (χ1) is 11.5. The summed E-state index contributed by atoms with van der Waals surface area (Å²) in [6.45, 7) is 5.66. The summed E-state index contributed by atoms with van der Waals surface area (Å²) in [7, 11) is 4.02. The molecule has 24 heavy (non-hydrogen) atoms. The fraction of sp³-hybridized carbons (Fsp3) is 0.444. The van der Waals surface area contributed by atoms with Crippen LogP contribution in [0.25, 0.3) is 0 Å². The first-order valence-corrected chi connectivity index (χ1v) is 8.94. The summed E-state index contributed by atoms with van der Waals surface area (Å²) >= 11 is 1.50. The minimum absolute atomic E-state index is 0.0938. The maximum Gasteiger partial charge on any atom is 0.264 e. The Kier molecular flexibility index (Phi) is 4.87. The highest BCUT2D eigenvalue weighted by molar-refractivity contribution is 7.12. The summed E-state index contributed by atoms with van der Waals surface area (Å²) < 4.78 is 5.91. The number of morpholine rings is 1. The van der Waals surface area contributed by atoms with Crippen LogP contribution in [0.1, 0.15) is 32.7 Å². The molecule has 0 aliphatic carbocycles. The molecule has 2 aromatic heterocycles. The van der Waals surface area contributed by atoms with Crippen molar-refractivity contribution in [2.45, 2.75) is 20.0 Å². The van der Waals surface area contributed by atoms with Crippen molar-refractivity contribution in [2.75, 3.05) is 38.7 Å². The summed E-state index contributed by atoms with van der Waals surface area (Å²) in [6.07, 6.45) is -0.179. The third kappa shape index (κ3) is 3.44. The Bertz CT molecular complexity index is 742. The summed E-state index contributed by atoms with van der Waals surface area (Å²) in [4.78, 5) is 22.1. The van der Waals surface area contributed by atoms with Gasteiger partial charge in [-0.2, -0.15) is 0 Å². The minimum atomic E-state index is -0.179. The van der Waals surface area contributed by atoms with E-state index in [2.05, 4.69) is 9.88 Å². The van der Waals surface area contributed by atoms with E-state index >= 15 is 0 Å². The number of nitrogens with zero attached hydrogens (tertiary/aromatic N) is 3. The zero-order chi connectivity index (χ0) is 17.3. The lowest BCUT2D eigenvalue weighted by atomic mass is 10.1. The maximum absolute atomic E-state index is 12.8. The average Bonchev–Trinajstić information content (AvgIpc) is 2.99. The van der Waals surface area contributed by atoms with Crippen molar-refractivity contribution in [3.63, 3.8) is 0 Å². The van der Waals surface area contributed by atoms with Crippen LogP contribution in [0.5, 0.6) is 0 Å². The van der Waals surface area contributed by atoms with E-state index in [4.69, 9.17) is 4.74 Å². The molecule has 1 atom stereocenters. The predicted octanol–water partition coefficient (Wildman–Crippen LogP) is 3.04. The van der Waals surface area contributed by atoms with Crippen molar-refractivity contribution in [2.24, 2.45) is 0 Å². The summed E-state index contributed by atoms with van der Waals surface area (Å²) in [5, 5.41) is 1.96. The van der Waals surface area contributed by atoms with Crippen LogP contribution in [-0.2, 0) is 4.74 Å². The number of hydrogen-bond donors (Lipinski definition) is 0. The van der Waals surface area contributed by atoms with Gasteiger partial charge in [0.05, 0.1) is 23.7 Å². The molecule has 2 aromatic rings. The second-order valence-electron chi connectivity index (χ2n) is 6.33. The van der Waals surface area contributed by atoms with E-state index < -0.39 is 0 Å². The quantitative estimate of drug-likeness (QED) is 0.858. The second-order valence-corrected chi connectivity index (χ2v) is 7.25. The van der Waals surface area contributed by atoms with Crippen molar-refractivity contribution in [3.8, 4) is 0 Å². The SMILES string of the molecule is Cc1cc(N(C)C)cc([C@@H]2CN(C(=O)c3sccc3C)CCO2)n1. The predicted molar refractivity (Wildman–Crippen MR) is 97.0 cm³/mol. The van der Waals surface area contributed by atoms with E-state index in [9.17, 15) is 4.79 Å². The first kappa shape index (κ1) is 16.9. The number of carbonyl (C=O) groups excluding carboxylic acids is 1. The van der Waals surface area contributed by atoms with E-state index in [1.807, 2.05) is 56.4 Å². The molecule has 0 saturated carbocycles. The lowest BCUT2D eigenvalue weighted by Gasteiger charge is -2.33. The van der Waals surface area contributed by atoms with Crippen LogP contribution in [0, 0.1) is 13.8 Å². The molecular weight excluding hydrogens is 322 g/mol. The van der Waals surface area contributed by atoms with Crippen molar-refractivity contribution in [3.05, 3.63) is 45.4 Å². The Labute approximate surface area is 146 Å². The van der Waals surface area contributed by atoms with E-state index in [1.54, 1.807) is 0 Å². The highest BCUT2D eigenvalue weighted by Crippen LogP contribution is 2.27. The lowest BCUT2D eigenvalue weighted by Crippen LogP contribution is -2.42. The molecule has 1 fully saturated rings. The van der Waals surface area contributed by atoms with Gasteiger partial charge in [-0.25, -0.2) is 0 Å². The lowest BCUT2D eigenvalue weighted by molar-refractivity contribution is -0.0246. The number of hydrogen-bond acceptors (Lipinski definition) is 5. The van der Waals surface area contributed by atoms with Gasteiger partial charge >= 0.3 is 0 Å². The Balaban J connectivity index is 1.81. The molecule has 5 nitrogen and oxygen atoms in total. The molecule has 0 aromatic carbocycles. The average molecular weight is 345 g/mol. The van der Waals surface area contributed by atoms with Gasteiger partial charge in [0.1, 0.15) is 6.10 Å². The van der Waals surface area contributed by atoms with E-state index in [-0.39, 0.29) is 12.0 Å². The van der Waals surface area contributed by atoms with Crippen LogP contribution in [0.2, 0.25) is 0 Å². The van der Waals surface area contributed by atoms with Crippen molar-refractivity contribution in [1.82, 2.24) is 9.88 Å². The highest BCUT2D eigenvalue weighted by Gasteiger charge is 2.28. The second kappa shape index (κ2) is 6.91. The number of thiophene rings is 1.